The normalized spacial score (nSPS) is 13.0. The van der Waals surface area contributed by atoms with Crippen molar-refractivity contribution in [2.45, 2.75) is 60.3 Å². The number of allylic oxidation sites excluding steroid dienone is 2. The van der Waals surface area contributed by atoms with Crippen LogP contribution in [0, 0.1) is 11.8 Å². The monoisotopic (exact) mass is 454 g/mol. The molecule has 2 aromatic rings. The van der Waals surface area contributed by atoms with Gasteiger partial charge in [-0.2, -0.15) is 0 Å². The summed E-state index contributed by atoms with van der Waals surface area (Å²) in [5.74, 6) is 1.77. The molecule has 0 amide bonds. The topological polar surface area (TPSA) is 71.1 Å². The van der Waals surface area contributed by atoms with Crippen LogP contribution in [-0.4, -0.2) is 25.5 Å². The van der Waals surface area contributed by atoms with E-state index in [1.807, 2.05) is 31.2 Å². The number of carbonyl (C=O) groups excluding carboxylic acids is 2. The van der Waals surface area contributed by atoms with E-state index in [1.165, 1.54) is 0 Å². The number of hydrogen-bond donors (Lipinski definition) is 0. The van der Waals surface area contributed by atoms with E-state index in [9.17, 15) is 9.59 Å². The SMILES string of the molecule is CC1=CCc2c(c(OC(=O)OCCC(C)C)c3ccccc3c2OC(=O)OCCC(C)C)C1. The van der Waals surface area contributed by atoms with Gasteiger partial charge in [-0.25, -0.2) is 9.59 Å². The largest absolute Gasteiger partial charge is 0.513 e. The van der Waals surface area contributed by atoms with Gasteiger partial charge in [0.05, 0.1) is 13.2 Å². The van der Waals surface area contributed by atoms with Gasteiger partial charge < -0.3 is 18.9 Å². The van der Waals surface area contributed by atoms with Crippen molar-refractivity contribution in [1.29, 1.82) is 0 Å². The minimum atomic E-state index is -0.726. The summed E-state index contributed by atoms with van der Waals surface area (Å²) < 4.78 is 22.1. The smallest absolute Gasteiger partial charge is 0.434 e. The van der Waals surface area contributed by atoms with Crippen molar-refractivity contribution in [3.8, 4) is 11.5 Å². The van der Waals surface area contributed by atoms with E-state index in [2.05, 4.69) is 33.8 Å². The fraction of sp³-hybridized carbons (Fsp3) is 0.481. The van der Waals surface area contributed by atoms with E-state index < -0.39 is 12.3 Å². The Morgan fingerprint density at radius 1 is 0.818 bits per heavy atom. The summed E-state index contributed by atoms with van der Waals surface area (Å²) in [6.45, 7) is 10.9. The van der Waals surface area contributed by atoms with Crippen molar-refractivity contribution in [3.05, 3.63) is 47.0 Å². The molecule has 1 aliphatic carbocycles. The zero-order valence-electron chi connectivity index (χ0n) is 20.2. The second-order valence-corrected chi connectivity index (χ2v) is 9.36. The fourth-order valence-electron chi connectivity index (χ4n) is 3.72. The predicted octanol–water partition coefficient (Wildman–Crippen LogP) is 7.01. The Kier molecular flexibility index (Phi) is 8.37. The molecule has 0 unspecified atom stereocenters. The van der Waals surface area contributed by atoms with E-state index in [0.29, 0.717) is 60.2 Å². The zero-order chi connectivity index (χ0) is 24.0. The van der Waals surface area contributed by atoms with Crippen LogP contribution in [0.3, 0.4) is 0 Å². The molecule has 0 aliphatic heterocycles. The highest BCUT2D eigenvalue weighted by Gasteiger charge is 2.27. The van der Waals surface area contributed by atoms with Crippen LogP contribution < -0.4 is 9.47 Å². The van der Waals surface area contributed by atoms with Crippen LogP contribution in [0.15, 0.2) is 35.9 Å². The van der Waals surface area contributed by atoms with Gasteiger partial charge in [-0.15, -0.1) is 0 Å². The average Bonchev–Trinajstić information content (AvgIpc) is 2.75. The summed E-state index contributed by atoms with van der Waals surface area (Å²) in [5.41, 5.74) is 2.81. The standard InChI is InChI=1S/C27H34O6/c1-17(2)12-14-30-26(28)32-24-20-8-6-7-9-21(20)25(23-16-19(5)10-11-22(23)24)33-27(29)31-15-13-18(3)4/h6-10,17-18H,11-16H2,1-5H3. The van der Waals surface area contributed by atoms with E-state index in [-0.39, 0.29) is 0 Å². The summed E-state index contributed by atoms with van der Waals surface area (Å²) >= 11 is 0. The molecule has 0 N–H and O–H groups in total. The number of rotatable bonds is 8. The van der Waals surface area contributed by atoms with Crippen LogP contribution in [0.2, 0.25) is 0 Å². The van der Waals surface area contributed by atoms with Gasteiger partial charge in [0.15, 0.2) is 0 Å². The quantitative estimate of drug-likeness (QED) is 0.243. The van der Waals surface area contributed by atoms with E-state index in [0.717, 1.165) is 29.5 Å². The van der Waals surface area contributed by atoms with Gasteiger partial charge >= 0.3 is 12.3 Å². The third kappa shape index (κ3) is 6.50. The molecular formula is C27H34O6. The predicted molar refractivity (Wildman–Crippen MR) is 128 cm³/mol. The first-order valence-corrected chi connectivity index (χ1v) is 11.7. The Morgan fingerprint density at radius 3 is 1.79 bits per heavy atom. The molecule has 33 heavy (non-hydrogen) atoms. The number of hydrogen-bond acceptors (Lipinski definition) is 6. The molecular weight excluding hydrogens is 420 g/mol. The molecule has 178 valence electrons. The molecule has 0 spiro atoms. The van der Waals surface area contributed by atoms with Gasteiger partial charge in [-0.05, 0) is 44.4 Å². The van der Waals surface area contributed by atoms with Crippen molar-refractivity contribution in [2.24, 2.45) is 11.8 Å². The first-order chi connectivity index (χ1) is 15.8. The van der Waals surface area contributed by atoms with E-state index in [1.54, 1.807) is 0 Å². The molecule has 0 heterocycles. The lowest BCUT2D eigenvalue weighted by molar-refractivity contribution is 0.0928. The van der Waals surface area contributed by atoms with Crippen LogP contribution in [0.25, 0.3) is 10.8 Å². The first-order valence-electron chi connectivity index (χ1n) is 11.7. The summed E-state index contributed by atoms with van der Waals surface area (Å²) in [5, 5.41) is 1.38. The van der Waals surface area contributed by atoms with Crippen LogP contribution in [0.5, 0.6) is 11.5 Å². The van der Waals surface area contributed by atoms with Crippen molar-refractivity contribution in [1.82, 2.24) is 0 Å². The first kappa shape index (κ1) is 24.6. The Labute approximate surface area is 195 Å². The van der Waals surface area contributed by atoms with Gasteiger partial charge in [-0.3, -0.25) is 0 Å². The highest BCUT2D eigenvalue weighted by Crippen LogP contribution is 2.44. The summed E-state index contributed by atoms with van der Waals surface area (Å²) in [4.78, 5) is 24.9. The van der Waals surface area contributed by atoms with Crippen molar-refractivity contribution >= 4 is 23.1 Å². The molecule has 3 rings (SSSR count). The Hall–Kier alpha value is -3.02. The zero-order valence-corrected chi connectivity index (χ0v) is 20.2. The Balaban J connectivity index is 1.95. The summed E-state index contributed by atoms with van der Waals surface area (Å²) in [6.07, 6.45) is 3.34. The van der Waals surface area contributed by atoms with Gasteiger partial charge in [0.2, 0.25) is 0 Å². The van der Waals surface area contributed by atoms with Crippen LogP contribution in [-0.2, 0) is 22.3 Å². The number of fused-ring (bicyclic) bond motifs is 2. The van der Waals surface area contributed by atoms with Crippen molar-refractivity contribution < 1.29 is 28.5 Å². The highest BCUT2D eigenvalue weighted by molar-refractivity contribution is 5.98. The van der Waals surface area contributed by atoms with Gasteiger partial charge in [0, 0.05) is 21.9 Å². The average molecular weight is 455 g/mol. The van der Waals surface area contributed by atoms with Gasteiger partial charge in [-0.1, -0.05) is 63.6 Å². The van der Waals surface area contributed by atoms with Crippen LogP contribution >= 0.6 is 0 Å². The molecule has 6 nitrogen and oxygen atoms in total. The van der Waals surface area contributed by atoms with E-state index >= 15 is 0 Å². The molecule has 2 aromatic carbocycles. The second kappa shape index (κ2) is 11.2. The number of benzene rings is 2. The summed E-state index contributed by atoms with van der Waals surface area (Å²) in [7, 11) is 0. The maximum Gasteiger partial charge on any atom is 0.513 e. The lowest BCUT2D eigenvalue weighted by Gasteiger charge is -2.23. The lowest BCUT2D eigenvalue weighted by Crippen LogP contribution is -2.18. The molecule has 0 atom stereocenters. The molecule has 0 fully saturated rings. The molecule has 6 heteroatoms. The highest BCUT2D eigenvalue weighted by atomic mass is 16.7. The molecule has 1 aliphatic rings. The Morgan fingerprint density at radius 2 is 1.30 bits per heavy atom. The Bertz CT molecular complexity index is 1030. The van der Waals surface area contributed by atoms with Gasteiger partial charge in [0.1, 0.15) is 11.5 Å². The van der Waals surface area contributed by atoms with Crippen LogP contribution in [0.1, 0.15) is 58.6 Å². The van der Waals surface area contributed by atoms with Crippen molar-refractivity contribution in [3.63, 3.8) is 0 Å². The minimum Gasteiger partial charge on any atom is -0.434 e. The maximum atomic E-state index is 12.5. The molecule has 0 aromatic heterocycles. The van der Waals surface area contributed by atoms with Crippen molar-refractivity contribution in [2.75, 3.05) is 13.2 Å². The van der Waals surface area contributed by atoms with Gasteiger partial charge in [0.25, 0.3) is 0 Å². The van der Waals surface area contributed by atoms with E-state index in [4.69, 9.17) is 18.9 Å². The molecule has 0 saturated carbocycles. The summed E-state index contributed by atoms with van der Waals surface area (Å²) in [6, 6.07) is 7.44. The second-order valence-electron chi connectivity index (χ2n) is 9.36. The number of ether oxygens (including phenoxy) is 4. The fourth-order valence-corrected chi connectivity index (χ4v) is 3.72. The van der Waals surface area contributed by atoms with Crippen LogP contribution in [0.4, 0.5) is 9.59 Å². The maximum absolute atomic E-state index is 12.5. The third-order valence-corrected chi connectivity index (χ3v) is 5.64. The lowest BCUT2D eigenvalue weighted by atomic mass is 9.87. The minimum absolute atomic E-state index is 0.305. The molecule has 0 radical (unpaired) electrons. The number of carbonyl (C=O) groups is 2. The third-order valence-electron chi connectivity index (χ3n) is 5.64. The molecule has 0 bridgehead atoms. The molecule has 0 saturated heterocycles.